The zero-order chi connectivity index (χ0) is 16.8. The van der Waals surface area contributed by atoms with Crippen LogP contribution in [-0.4, -0.2) is 38.1 Å². The highest BCUT2D eigenvalue weighted by molar-refractivity contribution is 7.89. The zero-order valence-electron chi connectivity index (χ0n) is 12.2. The molecule has 0 aromatic heterocycles. The molecule has 0 saturated heterocycles. The van der Waals surface area contributed by atoms with Crippen LogP contribution in [0.25, 0.3) is 0 Å². The van der Waals surface area contributed by atoms with Crippen molar-refractivity contribution in [3.63, 3.8) is 0 Å². The molecule has 8 heteroatoms. The van der Waals surface area contributed by atoms with E-state index in [1.165, 1.54) is 0 Å². The van der Waals surface area contributed by atoms with Crippen LogP contribution in [0.1, 0.15) is 31.2 Å². The van der Waals surface area contributed by atoms with E-state index < -0.39 is 34.5 Å². The maximum absolute atomic E-state index is 12.1. The predicted octanol–water partition coefficient (Wildman–Crippen LogP) is 2.41. The van der Waals surface area contributed by atoms with Crippen molar-refractivity contribution in [2.45, 2.75) is 38.0 Å². The van der Waals surface area contributed by atoms with Crippen molar-refractivity contribution in [3.8, 4) is 0 Å². The number of aliphatic hydroxyl groups excluding tert-OH is 1. The number of alkyl halides is 3. The standard InChI is InChI=1S/C14H20F3NO3S/c1-11(19)9-13(12-5-3-2-4-6-12)10-18-22(20,21)8-7-14(15,16)17/h2-6,11,13,18-19H,7-10H2,1H3/t11-,13-/m0/s1. The molecule has 0 bridgehead atoms. The van der Waals surface area contributed by atoms with E-state index in [2.05, 4.69) is 4.72 Å². The van der Waals surface area contributed by atoms with Crippen molar-refractivity contribution in [1.82, 2.24) is 4.72 Å². The summed E-state index contributed by atoms with van der Waals surface area (Å²) in [6.45, 7) is 1.53. The molecule has 0 aliphatic rings. The minimum atomic E-state index is -4.51. The quantitative estimate of drug-likeness (QED) is 0.764. The fourth-order valence-electron chi connectivity index (χ4n) is 2.02. The highest BCUT2D eigenvalue weighted by Gasteiger charge is 2.30. The summed E-state index contributed by atoms with van der Waals surface area (Å²) in [6.07, 6.45) is -6.22. The van der Waals surface area contributed by atoms with Gasteiger partial charge in [-0.25, -0.2) is 13.1 Å². The monoisotopic (exact) mass is 339 g/mol. The largest absolute Gasteiger partial charge is 0.393 e. The summed E-state index contributed by atoms with van der Waals surface area (Å²) in [5.74, 6) is -1.30. The molecule has 0 aliphatic heterocycles. The molecular weight excluding hydrogens is 319 g/mol. The Balaban J connectivity index is 2.67. The minimum Gasteiger partial charge on any atom is -0.393 e. The molecule has 1 aromatic rings. The third kappa shape index (κ3) is 7.77. The summed E-state index contributed by atoms with van der Waals surface area (Å²) >= 11 is 0. The number of rotatable bonds is 8. The number of nitrogens with one attached hydrogen (secondary N) is 1. The van der Waals surface area contributed by atoms with Gasteiger partial charge in [0.05, 0.1) is 18.3 Å². The molecule has 4 nitrogen and oxygen atoms in total. The van der Waals surface area contributed by atoms with Crippen LogP contribution in [0.5, 0.6) is 0 Å². The normalized spacial score (nSPS) is 15.5. The first kappa shape index (κ1) is 18.9. The third-order valence-corrected chi connectivity index (χ3v) is 4.45. The van der Waals surface area contributed by atoms with E-state index in [0.29, 0.717) is 6.42 Å². The first-order valence-corrected chi connectivity index (χ1v) is 8.51. The highest BCUT2D eigenvalue weighted by Crippen LogP contribution is 2.22. The first-order chi connectivity index (χ1) is 10.1. The van der Waals surface area contributed by atoms with Gasteiger partial charge in [-0.1, -0.05) is 30.3 Å². The second-order valence-corrected chi connectivity index (χ2v) is 7.15. The van der Waals surface area contributed by atoms with E-state index in [9.17, 15) is 26.7 Å². The Kier molecular flexibility index (Phi) is 6.83. The van der Waals surface area contributed by atoms with Gasteiger partial charge in [0, 0.05) is 6.54 Å². The van der Waals surface area contributed by atoms with Crippen LogP contribution in [0.3, 0.4) is 0 Å². The maximum atomic E-state index is 12.1. The molecule has 0 saturated carbocycles. The SMILES string of the molecule is C[C@H](O)C[C@@H](CNS(=O)(=O)CCC(F)(F)F)c1ccccc1. The zero-order valence-corrected chi connectivity index (χ0v) is 13.0. The van der Waals surface area contributed by atoms with Crippen molar-refractivity contribution in [3.05, 3.63) is 35.9 Å². The summed E-state index contributed by atoms with van der Waals surface area (Å²) in [5, 5.41) is 9.50. The number of sulfonamides is 1. The van der Waals surface area contributed by atoms with Crippen molar-refractivity contribution in [2.24, 2.45) is 0 Å². The van der Waals surface area contributed by atoms with Crippen LogP contribution in [-0.2, 0) is 10.0 Å². The molecular formula is C14H20F3NO3S. The minimum absolute atomic E-state index is 0.0465. The Bertz CT molecular complexity index is 544. The maximum Gasteiger partial charge on any atom is 0.390 e. The number of halogens is 3. The molecule has 1 aromatic carbocycles. The Morgan fingerprint density at radius 3 is 2.32 bits per heavy atom. The summed E-state index contributed by atoms with van der Waals surface area (Å²) in [4.78, 5) is 0. The van der Waals surface area contributed by atoms with Gasteiger partial charge in [-0.05, 0) is 24.8 Å². The van der Waals surface area contributed by atoms with Crippen molar-refractivity contribution < 1.29 is 26.7 Å². The average molecular weight is 339 g/mol. The molecule has 0 fully saturated rings. The highest BCUT2D eigenvalue weighted by atomic mass is 32.2. The second-order valence-electron chi connectivity index (χ2n) is 5.22. The molecule has 0 radical (unpaired) electrons. The lowest BCUT2D eigenvalue weighted by atomic mass is 9.94. The molecule has 0 amide bonds. The van der Waals surface area contributed by atoms with Crippen LogP contribution in [0.15, 0.2) is 30.3 Å². The van der Waals surface area contributed by atoms with E-state index in [1.54, 1.807) is 37.3 Å². The lowest BCUT2D eigenvalue weighted by molar-refractivity contribution is -0.129. The Labute approximate surface area is 128 Å². The lowest BCUT2D eigenvalue weighted by Crippen LogP contribution is -2.33. The fraction of sp³-hybridized carbons (Fsp3) is 0.571. The van der Waals surface area contributed by atoms with E-state index >= 15 is 0 Å². The molecule has 2 atom stereocenters. The van der Waals surface area contributed by atoms with Gasteiger partial charge in [0.25, 0.3) is 0 Å². The molecule has 22 heavy (non-hydrogen) atoms. The van der Waals surface area contributed by atoms with Crippen LogP contribution < -0.4 is 4.72 Å². The molecule has 0 aliphatic carbocycles. The number of hydrogen-bond donors (Lipinski definition) is 2. The van der Waals surface area contributed by atoms with Crippen LogP contribution >= 0.6 is 0 Å². The van der Waals surface area contributed by atoms with Gasteiger partial charge in [0.15, 0.2) is 0 Å². The summed E-state index contributed by atoms with van der Waals surface area (Å²) in [6, 6.07) is 8.94. The summed E-state index contributed by atoms with van der Waals surface area (Å²) in [5.41, 5.74) is 0.821. The van der Waals surface area contributed by atoms with E-state index in [-0.39, 0.29) is 12.5 Å². The molecule has 0 spiro atoms. The van der Waals surface area contributed by atoms with Crippen molar-refractivity contribution >= 4 is 10.0 Å². The van der Waals surface area contributed by atoms with Crippen LogP contribution in [0.4, 0.5) is 13.2 Å². The fourth-order valence-corrected chi connectivity index (χ4v) is 3.12. The molecule has 126 valence electrons. The van der Waals surface area contributed by atoms with E-state index in [4.69, 9.17) is 0 Å². The molecule has 1 rings (SSSR count). The molecule has 2 N–H and O–H groups in total. The Hall–Kier alpha value is -1.12. The Morgan fingerprint density at radius 2 is 1.82 bits per heavy atom. The van der Waals surface area contributed by atoms with Gasteiger partial charge in [0.1, 0.15) is 0 Å². The number of benzene rings is 1. The average Bonchev–Trinajstić information content (AvgIpc) is 2.41. The first-order valence-electron chi connectivity index (χ1n) is 6.86. The van der Waals surface area contributed by atoms with Gasteiger partial charge in [0.2, 0.25) is 10.0 Å². The van der Waals surface area contributed by atoms with Gasteiger partial charge < -0.3 is 5.11 Å². The lowest BCUT2D eigenvalue weighted by Gasteiger charge is -2.20. The van der Waals surface area contributed by atoms with Crippen molar-refractivity contribution in [1.29, 1.82) is 0 Å². The molecule has 0 heterocycles. The summed E-state index contributed by atoms with van der Waals surface area (Å²) < 4.78 is 61.7. The van der Waals surface area contributed by atoms with Crippen molar-refractivity contribution in [2.75, 3.05) is 12.3 Å². The second kappa shape index (κ2) is 7.94. The topological polar surface area (TPSA) is 66.4 Å². The van der Waals surface area contributed by atoms with Gasteiger partial charge in [-0.15, -0.1) is 0 Å². The number of aliphatic hydroxyl groups is 1. The Morgan fingerprint density at radius 1 is 1.23 bits per heavy atom. The van der Waals surface area contributed by atoms with Gasteiger partial charge >= 0.3 is 6.18 Å². The van der Waals surface area contributed by atoms with Crippen LogP contribution in [0.2, 0.25) is 0 Å². The van der Waals surface area contributed by atoms with E-state index in [0.717, 1.165) is 5.56 Å². The summed E-state index contributed by atoms with van der Waals surface area (Å²) in [7, 11) is -4.01. The van der Waals surface area contributed by atoms with Gasteiger partial charge in [-0.3, -0.25) is 0 Å². The van der Waals surface area contributed by atoms with E-state index in [1.807, 2.05) is 0 Å². The molecule has 0 unspecified atom stereocenters. The van der Waals surface area contributed by atoms with Gasteiger partial charge in [-0.2, -0.15) is 13.2 Å². The number of hydrogen-bond acceptors (Lipinski definition) is 3. The predicted molar refractivity (Wildman–Crippen MR) is 77.9 cm³/mol. The smallest absolute Gasteiger partial charge is 0.390 e. The third-order valence-electron chi connectivity index (χ3n) is 3.10. The van der Waals surface area contributed by atoms with Crippen LogP contribution in [0, 0.1) is 0 Å².